The van der Waals surface area contributed by atoms with Gasteiger partial charge in [0.15, 0.2) is 0 Å². The van der Waals surface area contributed by atoms with Crippen LogP contribution in [-0.4, -0.2) is 36.5 Å². The number of nitrogens with zero attached hydrogens (tertiary/aromatic N) is 1. The van der Waals surface area contributed by atoms with Crippen molar-refractivity contribution in [3.8, 4) is 0 Å². The predicted octanol–water partition coefficient (Wildman–Crippen LogP) is 3.76. The lowest BCUT2D eigenvalue weighted by atomic mass is 9.95. The van der Waals surface area contributed by atoms with Gasteiger partial charge in [0.05, 0.1) is 0 Å². The Labute approximate surface area is 142 Å². The van der Waals surface area contributed by atoms with Crippen LogP contribution in [-0.2, 0) is 4.79 Å². The summed E-state index contributed by atoms with van der Waals surface area (Å²) in [4.78, 5) is 14.6. The standard InChI is InChI=1S/C18H32N2O.ClH/c21-18(13-15-5-3-1-2-4-6-15)20-11-9-17(10-12-20)19-14-16-7-8-16;/h15-17,19H,1-14H2;1H. The van der Waals surface area contributed by atoms with E-state index in [1.54, 1.807) is 0 Å². The molecule has 0 aromatic carbocycles. The van der Waals surface area contributed by atoms with Gasteiger partial charge in [0.2, 0.25) is 5.91 Å². The lowest BCUT2D eigenvalue weighted by molar-refractivity contribution is -0.133. The van der Waals surface area contributed by atoms with Crippen molar-refractivity contribution in [3.05, 3.63) is 0 Å². The van der Waals surface area contributed by atoms with Gasteiger partial charge in [0.25, 0.3) is 0 Å². The highest BCUT2D eigenvalue weighted by Gasteiger charge is 2.27. The molecule has 0 aromatic heterocycles. The van der Waals surface area contributed by atoms with E-state index in [9.17, 15) is 4.79 Å². The van der Waals surface area contributed by atoms with Crippen LogP contribution in [0.1, 0.15) is 70.6 Å². The summed E-state index contributed by atoms with van der Waals surface area (Å²) in [5.74, 6) is 2.06. The minimum atomic E-state index is 0. The molecular formula is C18H33ClN2O. The fourth-order valence-corrected chi connectivity index (χ4v) is 3.93. The summed E-state index contributed by atoms with van der Waals surface area (Å²) in [5.41, 5.74) is 0. The molecule has 4 heteroatoms. The SMILES string of the molecule is Cl.O=C(CC1CCCCCC1)N1CCC(NCC2CC2)CC1. The van der Waals surface area contributed by atoms with Crippen molar-refractivity contribution in [1.82, 2.24) is 10.2 Å². The molecule has 1 heterocycles. The number of hydrogen-bond donors (Lipinski definition) is 1. The molecule has 0 aromatic rings. The van der Waals surface area contributed by atoms with E-state index in [1.807, 2.05) is 0 Å². The molecule has 3 aliphatic rings. The Morgan fingerprint density at radius 1 is 0.864 bits per heavy atom. The number of likely N-dealkylation sites (tertiary alicyclic amines) is 1. The first-order valence-corrected chi connectivity index (χ1v) is 9.32. The minimum Gasteiger partial charge on any atom is -0.343 e. The molecule has 128 valence electrons. The molecular weight excluding hydrogens is 296 g/mol. The highest BCUT2D eigenvalue weighted by atomic mass is 35.5. The highest BCUT2D eigenvalue weighted by Crippen LogP contribution is 2.28. The number of piperidine rings is 1. The summed E-state index contributed by atoms with van der Waals surface area (Å²) < 4.78 is 0. The van der Waals surface area contributed by atoms with Crippen molar-refractivity contribution in [2.24, 2.45) is 11.8 Å². The maximum atomic E-state index is 12.5. The van der Waals surface area contributed by atoms with Crippen LogP contribution in [0.25, 0.3) is 0 Å². The molecule has 0 unspecified atom stereocenters. The van der Waals surface area contributed by atoms with Gasteiger partial charge in [-0.1, -0.05) is 25.7 Å². The van der Waals surface area contributed by atoms with Gasteiger partial charge in [-0.2, -0.15) is 0 Å². The van der Waals surface area contributed by atoms with E-state index in [4.69, 9.17) is 0 Å². The first kappa shape index (κ1) is 18.1. The van der Waals surface area contributed by atoms with Crippen molar-refractivity contribution in [2.75, 3.05) is 19.6 Å². The van der Waals surface area contributed by atoms with Crippen LogP contribution < -0.4 is 5.32 Å². The van der Waals surface area contributed by atoms with Crippen LogP contribution in [0.15, 0.2) is 0 Å². The summed E-state index contributed by atoms with van der Waals surface area (Å²) in [6, 6.07) is 0.660. The topological polar surface area (TPSA) is 32.3 Å². The van der Waals surface area contributed by atoms with Crippen LogP contribution in [0.3, 0.4) is 0 Å². The molecule has 3 fully saturated rings. The maximum absolute atomic E-state index is 12.5. The van der Waals surface area contributed by atoms with E-state index in [-0.39, 0.29) is 12.4 Å². The van der Waals surface area contributed by atoms with E-state index in [0.717, 1.165) is 38.3 Å². The summed E-state index contributed by atoms with van der Waals surface area (Å²) in [5, 5.41) is 3.69. The second-order valence-corrected chi connectivity index (χ2v) is 7.57. The third kappa shape index (κ3) is 5.73. The van der Waals surface area contributed by atoms with Crippen LogP contribution in [0.2, 0.25) is 0 Å². The molecule has 0 bridgehead atoms. The van der Waals surface area contributed by atoms with Gasteiger partial charge in [-0.05, 0) is 56.9 Å². The Hall–Kier alpha value is -0.280. The van der Waals surface area contributed by atoms with Gasteiger partial charge in [-0.3, -0.25) is 4.79 Å². The zero-order valence-corrected chi connectivity index (χ0v) is 14.7. The lowest BCUT2D eigenvalue weighted by Crippen LogP contribution is -2.45. The van der Waals surface area contributed by atoms with Crippen molar-refractivity contribution in [2.45, 2.75) is 76.7 Å². The third-order valence-electron chi connectivity index (χ3n) is 5.68. The van der Waals surface area contributed by atoms with Gasteiger partial charge >= 0.3 is 0 Å². The number of rotatable bonds is 5. The number of hydrogen-bond acceptors (Lipinski definition) is 2. The molecule has 0 spiro atoms. The number of carbonyl (C=O) groups excluding carboxylic acids is 1. The normalized spacial score (nSPS) is 24.6. The molecule has 1 saturated heterocycles. The largest absolute Gasteiger partial charge is 0.343 e. The van der Waals surface area contributed by atoms with Crippen LogP contribution in [0.4, 0.5) is 0 Å². The summed E-state index contributed by atoms with van der Waals surface area (Å²) in [6.45, 7) is 3.17. The van der Waals surface area contributed by atoms with Crippen LogP contribution >= 0.6 is 12.4 Å². The van der Waals surface area contributed by atoms with E-state index in [1.165, 1.54) is 57.9 Å². The Kier molecular flexibility index (Phi) is 7.49. The van der Waals surface area contributed by atoms with Crippen LogP contribution in [0, 0.1) is 11.8 Å². The summed E-state index contributed by atoms with van der Waals surface area (Å²) >= 11 is 0. The maximum Gasteiger partial charge on any atom is 0.222 e. The smallest absolute Gasteiger partial charge is 0.222 e. The predicted molar refractivity (Wildman–Crippen MR) is 93.4 cm³/mol. The minimum absolute atomic E-state index is 0. The highest BCUT2D eigenvalue weighted by molar-refractivity contribution is 5.85. The number of halogens is 1. The second-order valence-electron chi connectivity index (χ2n) is 7.57. The molecule has 2 saturated carbocycles. The van der Waals surface area contributed by atoms with Crippen molar-refractivity contribution in [3.63, 3.8) is 0 Å². The Morgan fingerprint density at radius 3 is 2.09 bits per heavy atom. The fourth-order valence-electron chi connectivity index (χ4n) is 3.93. The van der Waals surface area contributed by atoms with E-state index in [0.29, 0.717) is 17.9 Å². The molecule has 3 rings (SSSR count). The number of nitrogens with one attached hydrogen (secondary N) is 1. The van der Waals surface area contributed by atoms with Crippen LogP contribution in [0.5, 0.6) is 0 Å². The molecule has 1 aliphatic heterocycles. The average molecular weight is 329 g/mol. The third-order valence-corrected chi connectivity index (χ3v) is 5.68. The average Bonchev–Trinajstić information content (AvgIpc) is 3.33. The first-order valence-electron chi connectivity index (χ1n) is 9.32. The van der Waals surface area contributed by atoms with E-state index < -0.39 is 0 Å². The van der Waals surface area contributed by atoms with Gasteiger partial charge in [0, 0.05) is 25.6 Å². The Morgan fingerprint density at radius 2 is 1.50 bits per heavy atom. The molecule has 3 nitrogen and oxygen atoms in total. The summed E-state index contributed by atoms with van der Waals surface area (Å²) in [7, 11) is 0. The second kappa shape index (κ2) is 9.12. The molecule has 22 heavy (non-hydrogen) atoms. The van der Waals surface area contributed by atoms with E-state index >= 15 is 0 Å². The Bertz CT molecular complexity index is 330. The number of amides is 1. The van der Waals surface area contributed by atoms with E-state index in [2.05, 4.69) is 10.2 Å². The zero-order chi connectivity index (χ0) is 14.5. The molecule has 1 amide bonds. The van der Waals surface area contributed by atoms with Gasteiger partial charge in [0.1, 0.15) is 0 Å². The summed E-state index contributed by atoms with van der Waals surface area (Å²) in [6.07, 6.45) is 14.0. The molecule has 1 N–H and O–H groups in total. The van der Waals surface area contributed by atoms with Crippen molar-refractivity contribution < 1.29 is 4.79 Å². The quantitative estimate of drug-likeness (QED) is 0.779. The first-order chi connectivity index (χ1) is 10.3. The number of carbonyl (C=O) groups is 1. The molecule has 2 aliphatic carbocycles. The van der Waals surface area contributed by atoms with Gasteiger partial charge < -0.3 is 10.2 Å². The fraction of sp³-hybridized carbons (Fsp3) is 0.944. The monoisotopic (exact) mass is 328 g/mol. The van der Waals surface area contributed by atoms with Crippen molar-refractivity contribution in [1.29, 1.82) is 0 Å². The van der Waals surface area contributed by atoms with Crippen molar-refractivity contribution >= 4 is 18.3 Å². The van der Waals surface area contributed by atoms with Gasteiger partial charge in [-0.25, -0.2) is 0 Å². The zero-order valence-electron chi connectivity index (χ0n) is 13.9. The van der Waals surface area contributed by atoms with Gasteiger partial charge in [-0.15, -0.1) is 12.4 Å². The lowest BCUT2D eigenvalue weighted by Gasteiger charge is -2.33. The molecule has 0 atom stereocenters. The molecule has 0 radical (unpaired) electrons. The Balaban J connectivity index is 0.00000176.